The lowest BCUT2D eigenvalue weighted by molar-refractivity contribution is -0.0559. The van der Waals surface area contributed by atoms with E-state index in [-0.39, 0.29) is 0 Å². The van der Waals surface area contributed by atoms with Crippen LogP contribution in [0.2, 0.25) is 0 Å². The van der Waals surface area contributed by atoms with Gasteiger partial charge in [-0.05, 0) is 45.7 Å². The van der Waals surface area contributed by atoms with E-state index in [0.29, 0.717) is 12.1 Å². The van der Waals surface area contributed by atoms with Gasteiger partial charge in [-0.2, -0.15) is 0 Å². The summed E-state index contributed by atoms with van der Waals surface area (Å²) in [5.41, 5.74) is 0. The van der Waals surface area contributed by atoms with Crippen molar-refractivity contribution < 1.29 is 4.74 Å². The van der Waals surface area contributed by atoms with Gasteiger partial charge in [0, 0.05) is 18.6 Å². The van der Waals surface area contributed by atoms with Gasteiger partial charge in [-0.1, -0.05) is 19.8 Å². The van der Waals surface area contributed by atoms with Gasteiger partial charge in [0.2, 0.25) is 0 Å². The van der Waals surface area contributed by atoms with Gasteiger partial charge in [0.05, 0.1) is 12.7 Å². The molecule has 3 heteroatoms. The third kappa shape index (κ3) is 4.22. The summed E-state index contributed by atoms with van der Waals surface area (Å²) in [6, 6.07) is 1.46. The lowest BCUT2D eigenvalue weighted by Gasteiger charge is -2.38. The van der Waals surface area contributed by atoms with Gasteiger partial charge in [0.25, 0.3) is 0 Å². The second-order valence-electron chi connectivity index (χ2n) is 5.99. The van der Waals surface area contributed by atoms with Crippen LogP contribution in [0.3, 0.4) is 0 Å². The average molecular weight is 254 g/mol. The van der Waals surface area contributed by atoms with Gasteiger partial charge in [-0.25, -0.2) is 0 Å². The Morgan fingerprint density at radius 3 is 2.78 bits per heavy atom. The molecule has 0 spiro atoms. The number of rotatable bonds is 6. The predicted molar refractivity (Wildman–Crippen MR) is 75.9 cm³/mol. The SMILES string of the molecule is CCC1COC(C)CN1CCCNC1CCCC1. The Balaban J connectivity index is 1.61. The fourth-order valence-electron chi connectivity index (χ4n) is 3.28. The summed E-state index contributed by atoms with van der Waals surface area (Å²) in [5.74, 6) is 0. The smallest absolute Gasteiger partial charge is 0.0674 e. The standard InChI is InChI=1S/C15H30N2O/c1-3-15-12-18-13(2)11-17(15)10-6-9-16-14-7-4-5-8-14/h13-16H,3-12H2,1-2H3. The van der Waals surface area contributed by atoms with E-state index in [0.717, 1.165) is 19.2 Å². The van der Waals surface area contributed by atoms with Crippen LogP contribution in [0.25, 0.3) is 0 Å². The van der Waals surface area contributed by atoms with E-state index < -0.39 is 0 Å². The van der Waals surface area contributed by atoms with Gasteiger partial charge in [0.15, 0.2) is 0 Å². The quantitative estimate of drug-likeness (QED) is 0.737. The summed E-state index contributed by atoms with van der Waals surface area (Å²) in [6.45, 7) is 8.91. The normalized spacial score (nSPS) is 31.0. The molecule has 2 atom stereocenters. The molecule has 2 rings (SSSR count). The van der Waals surface area contributed by atoms with Crippen molar-refractivity contribution in [3.05, 3.63) is 0 Å². The maximum absolute atomic E-state index is 5.74. The van der Waals surface area contributed by atoms with E-state index in [4.69, 9.17) is 4.74 Å². The van der Waals surface area contributed by atoms with Crippen molar-refractivity contribution in [2.45, 2.75) is 70.6 Å². The summed E-state index contributed by atoms with van der Waals surface area (Å²) >= 11 is 0. The van der Waals surface area contributed by atoms with Crippen LogP contribution in [0.1, 0.15) is 52.4 Å². The molecule has 2 fully saturated rings. The Labute approximate surface area is 112 Å². The zero-order valence-electron chi connectivity index (χ0n) is 12.2. The molecule has 2 aliphatic rings. The Hall–Kier alpha value is -0.120. The Morgan fingerprint density at radius 1 is 1.28 bits per heavy atom. The lowest BCUT2D eigenvalue weighted by Crippen LogP contribution is -2.49. The molecule has 2 unspecified atom stereocenters. The van der Waals surface area contributed by atoms with Gasteiger partial charge in [-0.3, -0.25) is 4.90 Å². The Bertz CT molecular complexity index is 229. The number of hydrogen-bond donors (Lipinski definition) is 1. The van der Waals surface area contributed by atoms with Crippen LogP contribution in [-0.4, -0.2) is 49.3 Å². The van der Waals surface area contributed by atoms with E-state index in [9.17, 15) is 0 Å². The van der Waals surface area contributed by atoms with Crippen LogP contribution < -0.4 is 5.32 Å². The minimum atomic E-state index is 0.413. The molecule has 3 nitrogen and oxygen atoms in total. The zero-order chi connectivity index (χ0) is 12.8. The molecule has 1 aliphatic heterocycles. The topological polar surface area (TPSA) is 24.5 Å². The summed E-state index contributed by atoms with van der Waals surface area (Å²) < 4.78 is 5.74. The molecular weight excluding hydrogens is 224 g/mol. The van der Waals surface area contributed by atoms with Crippen molar-refractivity contribution in [3.63, 3.8) is 0 Å². The fourth-order valence-corrected chi connectivity index (χ4v) is 3.28. The maximum Gasteiger partial charge on any atom is 0.0674 e. The summed E-state index contributed by atoms with van der Waals surface area (Å²) in [6.07, 6.45) is 8.55. The lowest BCUT2D eigenvalue weighted by atomic mass is 10.1. The van der Waals surface area contributed by atoms with Crippen molar-refractivity contribution in [1.29, 1.82) is 0 Å². The van der Waals surface area contributed by atoms with E-state index in [1.807, 2.05) is 0 Å². The monoisotopic (exact) mass is 254 g/mol. The molecule has 0 radical (unpaired) electrons. The van der Waals surface area contributed by atoms with Crippen molar-refractivity contribution in [2.75, 3.05) is 26.2 Å². The molecule has 1 aliphatic carbocycles. The maximum atomic E-state index is 5.74. The first-order valence-corrected chi connectivity index (χ1v) is 7.88. The highest BCUT2D eigenvalue weighted by Crippen LogP contribution is 2.18. The van der Waals surface area contributed by atoms with Crippen molar-refractivity contribution >= 4 is 0 Å². The fraction of sp³-hybridized carbons (Fsp3) is 1.00. The minimum absolute atomic E-state index is 0.413. The van der Waals surface area contributed by atoms with Crippen LogP contribution in [0, 0.1) is 0 Å². The highest BCUT2D eigenvalue weighted by Gasteiger charge is 2.24. The van der Waals surface area contributed by atoms with E-state index >= 15 is 0 Å². The molecule has 0 aromatic carbocycles. The molecule has 1 saturated carbocycles. The zero-order valence-corrected chi connectivity index (χ0v) is 12.2. The molecule has 18 heavy (non-hydrogen) atoms. The van der Waals surface area contributed by atoms with Crippen LogP contribution in [-0.2, 0) is 4.74 Å². The molecular formula is C15H30N2O. The number of ether oxygens (including phenoxy) is 1. The van der Waals surface area contributed by atoms with Gasteiger partial charge >= 0.3 is 0 Å². The summed E-state index contributed by atoms with van der Waals surface area (Å²) in [7, 11) is 0. The number of hydrogen-bond acceptors (Lipinski definition) is 3. The molecule has 0 amide bonds. The third-order valence-electron chi connectivity index (χ3n) is 4.46. The minimum Gasteiger partial charge on any atom is -0.376 e. The largest absolute Gasteiger partial charge is 0.376 e. The molecule has 1 heterocycles. The van der Waals surface area contributed by atoms with Crippen LogP contribution in [0.4, 0.5) is 0 Å². The predicted octanol–water partition coefficient (Wildman–Crippen LogP) is 2.41. The average Bonchev–Trinajstić information content (AvgIpc) is 2.88. The van der Waals surface area contributed by atoms with Gasteiger partial charge in [0.1, 0.15) is 0 Å². The van der Waals surface area contributed by atoms with Crippen LogP contribution >= 0.6 is 0 Å². The molecule has 1 N–H and O–H groups in total. The highest BCUT2D eigenvalue weighted by atomic mass is 16.5. The van der Waals surface area contributed by atoms with Crippen molar-refractivity contribution in [3.8, 4) is 0 Å². The second kappa shape index (κ2) is 7.46. The van der Waals surface area contributed by atoms with E-state index in [2.05, 4.69) is 24.1 Å². The first-order chi connectivity index (χ1) is 8.79. The number of nitrogens with zero attached hydrogens (tertiary/aromatic N) is 1. The molecule has 106 valence electrons. The van der Waals surface area contributed by atoms with Crippen molar-refractivity contribution in [2.24, 2.45) is 0 Å². The van der Waals surface area contributed by atoms with Crippen LogP contribution in [0.5, 0.6) is 0 Å². The third-order valence-corrected chi connectivity index (χ3v) is 4.46. The van der Waals surface area contributed by atoms with Gasteiger partial charge < -0.3 is 10.1 Å². The number of morpholine rings is 1. The van der Waals surface area contributed by atoms with Gasteiger partial charge in [-0.15, -0.1) is 0 Å². The molecule has 0 bridgehead atoms. The highest BCUT2D eigenvalue weighted by molar-refractivity contribution is 4.78. The molecule has 0 aromatic rings. The summed E-state index contributed by atoms with van der Waals surface area (Å²) in [5, 5.41) is 3.71. The van der Waals surface area contributed by atoms with E-state index in [1.165, 1.54) is 51.6 Å². The van der Waals surface area contributed by atoms with Crippen LogP contribution in [0.15, 0.2) is 0 Å². The number of nitrogens with one attached hydrogen (secondary N) is 1. The first-order valence-electron chi connectivity index (χ1n) is 7.88. The first kappa shape index (κ1) is 14.3. The summed E-state index contributed by atoms with van der Waals surface area (Å²) in [4.78, 5) is 2.63. The second-order valence-corrected chi connectivity index (χ2v) is 5.99. The van der Waals surface area contributed by atoms with E-state index in [1.54, 1.807) is 0 Å². The van der Waals surface area contributed by atoms with Crippen molar-refractivity contribution in [1.82, 2.24) is 10.2 Å². The molecule has 0 aromatic heterocycles. The Kier molecular flexibility index (Phi) is 5.93. The Morgan fingerprint density at radius 2 is 2.06 bits per heavy atom. The molecule has 1 saturated heterocycles.